The molecule has 1 N–H and O–H groups in total. The molecule has 0 saturated heterocycles. The maximum atomic E-state index is 13.5. The minimum absolute atomic E-state index is 0.0374. The molecule has 0 saturated carbocycles. The van der Waals surface area contributed by atoms with E-state index in [1.807, 2.05) is 94.1 Å². The molecule has 0 spiro atoms. The van der Waals surface area contributed by atoms with Crippen LogP contribution in [0.15, 0.2) is 109 Å². The minimum atomic E-state index is -4.71. The van der Waals surface area contributed by atoms with E-state index in [1.54, 1.807) is 0 Å². The Labute approximate surface area is 442 Å². The van der Waals surface area contributed by atoms with Crippen molar-refractivity contribution in [2.45, 2.75) is 232 Å². The largest absolute Gasteiger partial charge is 0.756 e. The maximum absolute atomic E-state index is 13.5. The number of esters is 1. The van der Waals surface area contributed by atoms with Crippen LogP contribution in [0.2, 0.25) is 0 Å². The van der Waals surface area contributed by atoms with Gasteiger partial charge in [0.2, 0.25) is 5.91 Å². The van der Waals surface area contributed by atoms with Gasteiger partial charge in [0.15, 0.2) is 0 Å². The van der Waals surface area contributed by atoms with E-state index < -0.39 is 26.6 Å². The number of phosphoric acid groups is 1. The van der Waals surface area contributed by atoms with Crippen LogP contribution >= 0.6 is 7.82 Å². The first-order chi connectivity index (χ1) is 34.9. The Kier molecular flexibility index (Phi) is 48.8. The van der Waals surface area contributed by atoms with Gasteiger partial charge in [0.25, 0.3) is 7.82 Å². The van der Waals surface area contributed by atoms with Gasteiger partial charge in [-0.25, -0.2) is 0 Å². The minimum Gasteiger partial charge on any atom is -0.756 e. The van der Waals surface area contributed by atoms with Crippen LogP contribution < -0.4 is 10.2 Å². The second-order valence-corrected chi connectivity index (χ2v) is 21.6. The van der Waals surface area contributed by atoms with Crippen molar-refractivity contribution in [1.29, 1.82) is 0 Å². The van der Waals surface area contributed by atoms with Gasteiger partial charge in [0.05, 0.1) is 33.8 Å². The first-order valence-electron chi connectivity index (χ1n) is 28.8. The fourth-order valence-corrected chi connectivity index (χ4v) is 8.36. The van der Waals surface area contributed by atoms with Crippen LogP contribution in [0.1, 0.15) is 220 Å². The third kappa shape index (κ3) is 51.6. The molecule has 0 aliphatic carbocycles. The molecule has 72 heavy (non-hydrogen) atoms. The molecule has 0 aromatic rings. The number of likely N-dealkylation sites (N-methyl/N-ethyl adjacent to an activating group) is 1. The van der Waals surface area contributed by atoms with Gasteiger partial charge in [-0.05, 0) is 83.1 Å². The maximum Gasteiger partial charge on any atom is 0.306 e. The number of allylic oxidation sites excluding steroid dienone is 17. The first kappa shape index (κ1) is 68.7. The number of carbonyl (C=O) groups is 2. The highest BCUT2D eigenvalue weighted by atomic mass is 31.2. The molecule has 0 rings (SSSR count). The van der Waals surface area contributed by atoms with Gasteiger partial charge in [0, 0.05) is 12.8 Å². The predicted octanol–water partition coefficient (Wildman–Crippen LogP) is 16.7. The van der Waals surface area contributed by atoms with Crippen molar-refractivity contribution in [2.75, 3.05) is 40.9 Å². The van der Waals surface area contributed by atoms with Gasteiger partial charge >= 0.3 is 5.97 Å². The lowest BCUT2D eigenvalue weighted by Gasteiger charge is -2.30. The number of phosphoric ester groups is 1. The lowest BCUT2D eigenvalue weighted by molar-refractivity contribution is -0.870. The summed E-state index contributed by atoms with van der Waals surface area (Å²) in [6.07, 6.45) is 69.0. The summed E-state index contributed by atoms with van der Waals surface area (Å²) in [6, 6.07) is -0.917. The molecule has 9 nitrogen and oxygen atoms in total. The predicted molar refractivity (Wildman–Crippen MR) is 307 cm³/mol. The monoisotopic (exact) mass is 1020 g/mol. The third-order valence-electron chi connectivity index (χ3n) is 12.1. The zero-order valence-electron chi connectivity index (χ0n) is 46.8. The fraction of sp³-hybridized carbons (Fsp3) is 0.677. The van der Waals surface area contributed by atoms with E-state index in [-0.39, 0.29) is 24.9 Å². The molecule has 0 radical (unpaired) electrons. The number of hydrogen-bond donors (Lipinski definition) is 1. The van der Waals surface area contributed by atoms with E-state index in [0.29, 0.717) is 23.9 Å². The van der Waals surface area contributed by atoms with Crippen molar-refractivity contribution >= 4 is 19.7 Å². The summed E-state index contributed by atoms with van der Waals surface area (Å²) in [6.45, 7) is 6.61. The average molecular weight is 1020 g/mol. The number of ether oxygens (including phenoxy) is 1. The van der Waals surface area contributed by atoms with Crippen LogP contribution in [0.25, 0.3) is 0 Å². The zero-order valence-corrected chi connectivity index (χ0v) is 47.7. The molecular formula is C62H107N2O7P. The number of amides is 1. The SMILES string of the molecule is CC\C=C/C=C/C=C/C=C\C=C\C=C\CCCCCC(=O)OC(/C=C/CCCCCCCCCCCC)C(COP(=O)([O-])OCC[N+](C)(C)C)NC(=O)CCCCCCCCC/C=C\C/C=C\CCCCC. The van der Waals surface area contributed by atoms with Crippen LogP contribution in [0.3, 0.4) is 0 Å². The van der Waals surface area contributed by atoms with Gasteiger partial charge in [-0.1, -0.05) is 233 Å². The normalized spacial score (nSPS) is 14.6. The summed E-state index contributed by atoms with van der Waals surface area (Å²) in [5.74, 6) is -0.609. The highest BCUT2D eigenvalue weighted by Crippen LogP contribution is 2.38. The Hall–Kier alpha value is -3.33. The highest BCUT2D eigenvalue weighted by molar-refractivity contribution is 7.45. The fourth-order valence-electron chi connectivity index (χ4n) is 7.64. The molecule has 3 unspecified atom stereocenters. The molecule has 3 atom stereocenters. The van der Waals surface area contributed by atoms with E-state index in [2.05, 4.69) is 62.5 Å². The number of rotatable bonds is 50. The van der Waals surface area contributed by atoms with Crippen molar-refractivity contribution in [3.8, 4) is 0 Å². The number of nitrogens with one attached hydrogen (secondary N) is 1. The van der Waals surface area contributed by atoms with Crippen LogP contribution in [-0.4, -0.2) is 69.4 Å². The summed E-state index contributed by atoms with van der Waals surface area (Å²) >= 11 is 0. The van der Waals surface area contributed by atoms with Crippen LogP contribution in [0.5, 0.6) is 0 Å². The molecule has 0 fully saturated rings. The van der Waals surface area contributed by atoms with E-state index >= 15 is 0 Å². The van der Waals surface area contributed by atoms with Gasteiger partial charge in [0.1, 0.15) is 19.3 Å². The Morgan fingerprint density at radius 2 is 0.944 bits per heavy atom. The lowest BCUT2D eigenvalue weighted by atomic mass is 10.0. The second-order valence-electron chi connectivity index (χ2n) is 20.2. The van der Waals surface area contributed by atoms with Crippen LogP contribution in [0, 0.1) is 0 Å². The van der Waals surface area contributed by atoms with E-state index in [4.69, 9.17) is 13.8 Å². The van der Waals surface area contributed by atoms with Crippen LogP contribution in [-0.2, 0) is 27.9 Å². The first-order valence-corrected chi connectivity index (χ1v) is 30.2. The van der Waals surface area contributed by atoms with Crippen molar-refractivity contribution in [3.63, 3.8) is 0 Å². The second kappa shape index (κ2) is 51.2. The number of unbranched alkanes of at least 4 members (excludes halogenated alkanes) is 23. The molecule has 0 aromatic heterocycles. The van der Waals surface area contributed by atoms with Crippen molar-refractivity contribution in [2.24, 2.45) is 0 Å². The third-order valence-corrected chi connectivity index (χ3v) is 13.1. The number of hydrogen-bond acceptors (Lipinski definition) is 7. The number of nitrogens with zero attached hydrogens (tertiary/aromatic N) is 1. The van der Waals surface area contributed by atoms with Crippen molar-refractivity contribution in [1.82, 2.24) is 5.32 Å². The average Bonchev–Trinajstić information content (AvgIpc) is 3.34. The Balaban J connectivity index is 5.46. The van der Waals surface area contributed by atoms with E-state index in [1.165, 1.54) is 96.3 Å². The van der Waals surface area contributed by atoms with Crippen molar-refractivity contribution < 1.29 is 37.3 Å². The molecular weight excluding hydrogens is 916 g/mol. The lowest BCUT2D eigenvalue weighted by Crippen LogP contribution is -2.47. The van der Waals surface area contributed by atoms with E-state index in [0.717, 1.165) is 83.5 Å². The molecule has 412 valence electrons. The van der Waals surface area contributed by atoms with Crippen molar-refractivity contribution in [3.05, 3.63) is 109 Å². The van der Waals surface area contributed by atoms with Gasteiger partial charge in [-0.15, -0.1) is 0 Å². The number of quaternary nitrogens is 1. The Morgan fingerprint density at radius 3 is 1.49 bits per heavy atom. The standard InChI is InChI=1S/C62H107N2O7P/c1-7-10-13-16-19-22-25-28-30-32-34-36-39-42-45-48-51-54-61(65)63-59(58-70-72(67,68)69-57-56-64(4,5)6)60(53-50-47-44-41-38-27-24-21-18-15-12-9-3)71-62(66)55-52-49-46-43-40-37-35-33-31-29-26-23-20-17-14-11-8-2/h11,14,17,19-20,22-23,26,28-31,33,35,37,40,50,53,59-60H,7-10,12-13,15-16,18,21,24-25,27,32,34,36,38-39,41-49,51-52,54-58H2,1-6H3,(H-,63,65,67,68)/b14-11-,20-17+,22-19-,26-23+,30-28-,31-29-,35-33+,40-37+,53-50+. The molecule has 0 aromatic carbocycles. The molecule has 0 aliphatic heterocycles. The molecule has 10 heteroatoms. The number of carbonyl (C=O) groups excluding carboxylic acids is 2. The summed E-state index contributed by atoms with van der Waals surface area (Å²) in [5.41, 5.74) is 0. The molecule has 1 amide bonds. The smallest absolute Gasteiger partial charge is 0.306 e. The molecule has 0 bridgehead atoms. The van der Waals surface area contributed by atoms with E-state index in [9.17, 15) is 19.0 Å². The molecule has 0 heterocycles. The molecule has 0 aliphatic rings. The summed E-state index contributed by atoms with van der Waals surface area (Å²) in [7, 11) is 1.13. The summed E-state index contributed by atoms with van der Waals surface area (Å²) < 4.78 is 30.2. The topological polar surface area (TPSA) is 114 Å². The Bertz CT molecular complexity index is 1600. The highest BCUT2D eigenvalue weighted by Gasteiger charge is 2.27. The van der Waals surface area contributed by atoms with Gasteiger partial charge in [-0.3, -0.25) is 14.2 Å². The van der Waals surface area contributed by atoms with Crippen LogP contribution in [0.4, 0.5) is 0 Å². The Morgan fingerprint density at radius 1 is 0.514 bits per heavy atom. The quantitative estimate of drug-likeness (QED) is 0.0161. The summed E-state index contributed by atoms with van der Waals surface area (Å²) in [4.78, 5) is 39.9. The van der Waals surface area contributed by atoms with Gasteiger partial charge < -0.3 is 28.5 Å². The zero-order chi connectivity index (χ0) is 52.9. The summed E-state index contributed by atoms with van der Waals surface area (Å²) in [5, 5.41) is 3.00. The van der Waals surface area contributed by atoms with Gasteiger partial charge in [-0.2, -0.15) is 0 Å².